The molecule has 2 atom stereocenters. The molecule has 0 aliphatic carbocycles. The zero-order chi connectivity index (χ0) is 22.6. The van der Waals surface area contributed by atoms with Crippen molar-refractivity contribution < 1.29 is 23.6 Å². The van der Waals surface area contributed by atoms with E-state index in [2.05, 4.69) is 10.6 Å². The Labute approximate surface area is 183 Å². The van der Waals surface area contributed by atoms with E-state index in [9.17, 15) is 9.18 Å². The molecular weight excluding hydrogens is 397 g/mol. The second-order valence-electron chi connectivity index (χ2n) is 9.01. The summed E-state index contributed by atoms with van der Waals surface area (Å²) in [5.41, 5.74) is 2.91. The minimum absolute atomic E-state index is 0.00228. The Morgan fingerprint density at radius 3 is 2.52 bits per heavy atom. The average molecular weight is 431 g/mol. The number of fused-ring (bicyclic) bond motifs is 1. The number of hydrogen-bond donors (Lipinski definition) is 3. The number of carbonyl (C=O) groups excluding carboxylic acids is 1. The van der Waals surface area contributed by atoms with Gasteiger partial charge in [-0.15, -0.1) is 0 Å². The third-order valence-electron chi connectivity index (χ3n) is 5.50. The van der Waals surface area contributed by atoms with E-state index in [1.165, 1.54) is 16.5 Å². The van der Waals surface area contributed by atoms with Crippen LogP contribution in [0.1, 0.15) is 43.5 Å². The van der Waals surface area contributed by atoms with Gasteiger partial charge in [-0.25, -0.2) is 9.18 Å². The molecule has 2 aromatic rings. The zero-order valence-electron chi connectivity index (χ0n) is 19.0. The van der Waals surface area contributed by atoms with E-state index in [0.29, 0.717) is 24.6 Å². The fraction of sp³-hybridized carbons (Fsp3) is 0.458. The molecule has 7 heteroatoms. The maximum atomic E-state index is 13.7. The number of nitrogens with one attached hydrogen (secondary N) is 3. The van der Waals surface area contributed by atoms with Crippen LogP contribution in [0.15, 0.2) is 36.4 Å². The summed E-state index contributed by atoms with van der Waals surface area (Å²) < 4.78 is 24.7. The van der Waals surface area contributed by atoms with Gasteiger partial charge in [-0.1, -0.05) is 12.1 Å². The van der Waals surface area contributed by atoms with Crippen molar-refractivity contribution in [3.8, 4) is 11.5 Å². The van der Waals surface area contributed by atoms with Gasteiger partial charge < -0.3 is 25.0 Å². The molecule has 0 saturated heterocycles. The maximum absolute atomic E-state index is 13.7. The van der Waals surface area contributed by atoms with E-state index in [0.717, 1.165) is 24.1 Å². The van der Waals surface area contributed by atoms with E-state index >= 15 is 0 Å². The summed E-state index contributed by atoms with van der Waals surface area (Å²) in [6.45, 7) is 7.82. The molecule has 0 saturated carbocycles. The first-order valence-electron chi connectivity index (χ1n) is 10.6. The number of ether oxygens (including phenoxy) is 2. The first-order chi connectivity index (χ1) is 14.7. The molecule has 1 aliphatic heterocycles. The van der Waals surface area contributed by atoms with Crippen molar-refractivity contribution in [1.82, 2.24) is 10.6 Å². The molecule has 1 heterocycles. The number of methoxy groups -OCH3 is 2. The number of hydrogen-bond acceptors (Lipinski definition) is 3. The SMILES string of the molecule is COc1cc2c(cc1OC)[C@@H](CNC(=O)NC(C)(C)C)[NH+](Cc1cccc(F)c1)CC2. The molecule has 0 radical (unpaired) electrons. The van der Waals surface area contributed by atoms with Crippen LogP contribution < -0.4 is 25.0 Å². The minimum Gasteiger partial charge on any atom is -0.493 e. The number of urea groups is 1. The molecule has 1 aliphatic rings. The summed E-state index contributed by atoms with van der Waals surface area (Å²) in [6.07, 6.45) is 0.866. The molecule has 0 fully saturated rings. The highest BCUT2D eigenvalue weighted by Gasteiger charge is 2.33. The lowest BCUT2D eigenvalue weighted by atomic mass is 9.91. The lowest BCUT2D eigenvalue weighted by Gasteiger charge is -2.35. The normalized spacial score (nSPS) is 18.1. The van der Waals surface area contributed by atoms with Crippen molar-refractivity contribution in [3.05, 3.63) is 58.9 Å². The maximum Gasteiger partial charge on any atom is 0.315 e. The number of rotatable bonds is 6. The zero-order valence-corrected chi connectivity index (χ0v) is 19.0. The molecule has 0 bridgehead atoms. The summed E-state index contributed by atoms with van der Waals surface area (Å²) >= 11 is 0. The van der Waals surface area contributed by atoms with Crippen LogP contribution in [0.4, 0.5) is 9.18 Å². The van der Waals surface area contributed by atoms with Crippen LogP contribution in [0, 0.1) is 5.82 Å². The molecule has 3 N–H and O–H groups in total. The second-order valence-corrected chi connectivity index (χ2v) is 9.01. The Bertz CT molecular complexity index is 927. The molecule has 31 heavy (non-hydrogen) atoms. The first kappa shape index (κ1) is 22.9. The molecule has 6 nitrogen and oxygen atoms in total. The van der Waals surface area contributed by atoms with Crippen LogP contribution in [0.5, 0.6) is 11.5 Å². The van der Waals surface area contributed by atoms with Crippen LogP contribution in [-0.4, -0.2) is 38.9 Å². The summed E-state index contributed by atoms with van der Waals surface area (Å²) in [5.74, 6) is 1.13. The molecule has 0 spiro atoms. The fourth-order valence-electron chi connectivity index (χ4n) is 4.12. The van der Waals surface area contributed by atoms with Gasteiger partial charge in [0.25, 0.3) is 0 Å². The van der Waals surface area contributed by atoms with Crippen LogP contribution in [0.2, 0.25) is 0 Å². The molecule has 1 unspecified atom stereocenters. The lowest BCUT2D eigenvalue weighted by molar-refractivity contribution is -0.945. The van der Waals surface area contributed by atoms with E-state index in [1.54, 1.807) is 26.4 Å². The topological polar surface area (TPSA) is 64.0 Å². The van der Waals surface area contributed by atoms with E-state index in [1.807, 2.05) is 39.0 Å². The van der Waals surface area contributed by atoms with Crippen LogP contribution >= 0.6 is 0 Å². The van der Waals surface area contributed by atoms with Gasteiger partial charge in [0.2, 0.25) is 0 Å². The lowest BCUT2D eigenvalue weighted by Crippen LogP contribution is -3.12. The fourth-order valence-corrected chi connectivity index (χ4v) is 4.12. The molecule has 168 valence electrons. The highest BCUT2D eigenvalue weighted by atomic mass is 19.1. The summed E-state index contributed by atoms with van der Waals surface area (Å²) in [5, 5.41) is 5.97. The summed E-state index contributed by atoms with van der Waals surface area (Å²) in [6, 6.07) is 10.5. The van der Waals surface area contributed by atoms with Gasteiger partial charge in [0.15, 0.2) is 11.5 Å². The number of quaternary nitrogens is 1. The first-order valence-corrected chi connectivity index (χ1v) is 10.6. The van der Waals surface area contributed by atoms with Crippen molar-refractivity contribution in [1.29, 1.82) is 0 Å². The van der Waals surface area contributed by atoms with E-state index in [4.69, 9.17) is 9.47 Å². The van der Waals surface area contributed by atoms with Gasteiger partial charge in [0.05, 0.1) is 27.3 Å². The minimum atomic E-state index is -0.320. The van der Waals surface area contributed by atoms with Gasteiger partial charge in [-0.3, -0.25) is 0 Å². The van der Waals surface area contributed by atoms with Crippen molar-refractivity contribution >= 4 is 6.03 Å². The average Bonchev–Trinajstić information content (AvgIpc) is 2.70. The van der Waals surface area contributed by atoms with Gasteiger partial charge in [-0.05, 0) is 50.6 Å². The molecule has 2 amide bonds. The molecular formula is C24H33FN3O3+. The third-order valence-corrected chi connectivity index (χ3v) is 5.50. The number of benzene rings is 2. The van der Waals surface area contributed by atoms with E-state index < -0.39 is 0 Å². The predicted molar refractivity (Wildman–Crippen MR) is 118 cm³/mol. The standard InChI is InChI=1S/C24H32FN3O3/c1-24(2,3)27-23(29)26-14-20-19-13-22(31-5)21(30-4)12-17(19)9-10-28(20)15-16-7-6-8-18(25)11-16/h6-8,11-13,20H,9-10,14-15H2,1-5H3,(H2,26,27,29)/p+1/t20-/m1/s1. The Kier molecular flexibility index (Phi) is 7.05. The Morgan fingerprint density at radius 2 is 1.87 bits per heavy atom. The highest BCUT2D eigenvalue weighted by molar-refractivity contribution is 5.74. The van der Waals surface area contributed by atoms with Crippen molar-refractivity contribution in [2.75, 3.05) is 27.3 Å². The van der Waals surface area contributed by atoms with Crippen LogP contribution in [0.3, 0.4) is 0 Å². The Hall–Kier alpha value is -2.80. The number of halogens is 1. The quantitative estimate of drug-likeness (QED) is 0.660. The smallest absolute Gasteiger partial charge is 0.315 e. The monoisotopic (exact) mass is 430 g/mol. The molecule has 3 rings (SSSR count). The highest BCUT2D eigenvalue weighted by Crippen LogP contribution is 2.34. The van der Waals surface area contributed by atoms with Gasteiger partial charge in [0, 0.05) is 23.1 Å². The van der Waals surface area contributed by atoms with Gasteiger partial charge in [0.1, 0.15) is 18.4 Å². The van der Waals surface area contributed by atoms with Crippen LogP contribution in [-0.2, 0) is 13.0 Å². The Balaban J connectivity index is 1.89. The van der Waals surface area contributed by atoms with Gasteiger partial charge >= 0.3 is 6.03 Å². The predicted octanol–water partition coefficient (Wildman–Crippen LogP) is 2.62. The summed E-state index contributed by atoms with van der Waals surface area (Å²) in [4.78, 5) is 13.7. The number of amides is 2. The van der Waals surface area contributed by atoms with Crippen molar-refractivity contribution in [2.45, 2.75) is 45.3 Å². The summed E-state index contributed by atoms with van der Waals surface area (Å²) in [7, 11) is 3.25. The largest absolute Gasteiger partial charge is 0.493 e. The van der Waals surface area contributed by atoms with Crippen molar-refractivity contribution in [3.63, 3.8) is 0 Å². The third kappa shape index (κ3) is 5.88. The van der Waals surface area contributed by atoms with E-state index in [-0.39, 0.29) is 23.4 Å². The van der Waals surface area contributed by atoms with Gasteiger partial charge in [-0.2, -0.15) is 0 Å². The Morgan fingerprint density at radius 1 is 1.16 bits per heavy atom. The second kappa shape index (κ2) is 9.56. The number of carbonyl (C=O) groups is 1. The molecule has 0 aromatic heterocycles. The van der Waals surface area contributed by atoms with Crippen LogP contribution in [0.25, 0.3) is 0 Å². The van der Waals surface area contributed by atoms with Crippen molar-refractivity contribution in [2.24, 2.45) is 0 Å². The molecule has 2 aromatic carbocycles.